The lowest BCUT2D eigenvalue weighted by Crippen LogP contribution is -1.95. The third kappa shape index (κ3) is 5.00. The highest BCUT2D eigenvalue weighted by Crippen LogP contribution is 2.27. The Morgan fingerprint density at radius 2 is 1.94 bits per heavy atom. The van der Waals surface area contributed by atoms with Crippen LogP contribution in [0.5, 0.6) is 0 Å². The van der Waals surface area contributed by atoms with E-state index in [-0.39, 0.29) is 5.78 Å². The van der Waals surface area contributed by atoms with E-state index < -0.39 is 0 Å². The summed E-state index contributed by atoms with van der Waals surface area (Å²) in [5.74, 6) is 1.16. The molecular weight excluding hydrogens is 248 g/mol. The topological polar surface area (TPSA) is 17.1 Å². The minimum atomic E-state index is 0.0953. The van der Waals surface area contributed by atoms with E-state index in [1.807, 2.05) is 37.4 Å². The number of hydrogen-bond donors (Lipinski definition) is 0. The molecule has 0 aliphatic heterocycles. The number of benzene rings is 1. The van der Waals surface area contributed by atoms with Crippen LogP contribution in [-0.4, -0.2) is 17.8 Å². The minimum Gasteiger partial charge on any atom is -0.289 e. The van der Waals surface area contributed by atoms with Crippen LogP contribution < -0.4 is 0 Å². The first kappa shape index (κ1) is 14.4. The highest BCUT2D eigenvalue weighted by Gasteiger charge is 2.04. The minimum absolute atomic E-state index is 0.0953. The Hall–Kier alpha value is -0.670. The highest BCUT2D eigenvalue weighted by molar-refractivity contribution is 8.22. The number of ketones is 1. The van der Waals surface area contributed by atoms with Gasteiger partial charge in [0.05, 0.1) is 0 Å². The maximum absolute atomic E-state index is 12.0. The van der Waals surface area contributed by atoms with Gasteiger partial charge in [0, 0.05) is 15.9 Å². The number of rotatable bonds is 6. The molecule has 1 rings (SSSR count). The average molecular weight is 266 g/mol. The number of aryl methyl sites for hydroxylation is 1. The Labute approximate surface area is 112 Å². The van der Waals surface area contributed by atoms with Crippen molar-refractivity contribution in [2.24, 2.45) is 0 Å². The van der Waals surface area contributed by atoms with Crippen LogP contribution in [0.3, 0.4) is 0 Å². The second-order valence-corrected chi connectivity index (χ2v) is 5.99. The molecule has 0 unspecified atom stereocenters. The summed E-state index contributed by atoms with van der Waals surface area (Å²) in [6.07, 6.45) is 4.88. The molecule has 1 aromatic rings. The second-order valence-electron chi connectivity index (χ2n) is 3.75. The lowest BCUT2D eigenvalue weighted by atomic mass is 10.1. The van der Waals surface area contributed by atoms with Gasteiger partial charge in [0.1, 0.15) is 0 Å². The number of thioether (sulfide) groups is 2. The third-order valence-electron chi connectivity index (χ3n) is 2.23. The van der Waals surface area contributed by atoms with E-state index in [0.717, 1.165) is 22.0 Å². The van der Waals surface area contributed by atoms with Crippen molar-refractivity contribution in [2.75, 3.05) is 12.0 Å². The van der Waals surface area contributed by atoms with E-state index in [9.17, 15) is 4.79 Å². The predicted octanol–water partition coefficient (Wildman–Crippen LogP) is 4.53. The molecule has 0 aliphatic rings. The number of allylic oxidation sites excluding steroid dienone is 1. The van der Waals surface area contributed by atoms with Crippen molar-refractivity contribution >= 4 is 29.3 Å². The summed E-state index contributed by atoms with van der Waals surface area (Å²) < 4.78 is 1.09. The Balaban J connectivity index is 2.74. The summed E-state index contributed by atoms with van der Waals surface area (Å²) in [6, 6.07) is 7.71. The van der Waals surface area contributed by atoms with Crippen LogP contribution in [0, 0.1) is 6.92 Å². The molecular formula is C14H18OS2. The molecule has 0 heterocycles. The van der Waals surface area contributed by atoms with Crippen LogP contribution in [-0.2, 0) is 0 Å². The van der Waals surface area contributed by atoms with Gasteiger partial charge in [-0.3, -0.25) is 4.79 Å². The van der Waals surface area contributed by atoms with Gasteiger partial charge in [-0.05, 0) is 25.4 Å². The highest BCUT2D eigenvalue weighted by atomic mass is 32.2. The zero-order valence-electron chi connectivity index (χ0n) is 10.5. The first-order chi connectivity index (χ1) is 8.17. The Bertz CT molecular complexity index is 393. The molecule has 0 aromatic heterocycles. The van der Waals surface area contributed by atoms with Crippen molar-refractivity contribution in [3.8, 4) is 0 Å². The monoisotopic (exact) mass is 266 g/mol. The van der Waals surface area contributed by atoms with Gasteiger partial charge in [0.25, 0.3) is 0 Å². The fourth-order valence-electron chi connectivity index (χ4n) is 1.27. The van der Waals surface area contributed by atoms with E-state index in [0.29, 0.717) is 0 Å². The van der Waals surface area contributed by atoms with Crippen molar-refractivity contribution in [1.29, 1.82) is 0 Å². The third-order valence-corrected chi connectivity index (χ3v) is 4.62. The molecule has 0 N–H and O–H groups in total. The lowest BCUT2D eigenvalue weighted by molar-refractivity contribution is 0.104. The Kier molecular flexibility index (Phi) is 6.45. The van der Waals surface area contributed by atoms with Crippen LogP contribution in [0.1, 0.15) is 29.3 Å². The summed E-state index contributed by atoms with van der Waals surface area (Å²) in [7, 11) is 0. The first-order valence-corrected chi connectivity index (χ1v) is 7.88. The lowest BCUT2D eigenvalue weighted by Gasteiger charge is -2.02. The molecule has 1 aromatic carbocycles. The van der Waals surface area contributed by atoms with Crippen molar-refractivity contribution in [2.45, 2.75) is 20.3 Å². The summed E-state index contributed by atoms with van der Waals surface area (Å²) in [5, 5.41) is 0. The first-order valence-electron chi connectivity index (χ1n) is 5.67. The molecule has 0 radical (unpaired) electrons. The van der Waals surface area contributed by atoms with Crippen LogP contribution in [0.4, 0.5) is 0 Å². The molecule has 0 saturated carbocycles. The van der Waals surface area contributed by atoms with Crippen LogP contribution in [0.2, 0.25) is 0 Å². The average Bonchev–Trinajstić information content (AvgIpc) is 2.35. The molecule has 3 heteroatoms. The SMILES string of the molecule is CCCS/C(=C/C(=O)c1ccc(C)cc1)SC. The molecule has 0 bridgehead atoms. The van der Waals surface area contributed by atoms with Crippen LogP contribution >= 0.6 is 23.5 Å². The zero-order chi connectivity index (χ0) is 12.7. The van der Waals surface area contributed by atoms with E-state index in [1.165, 1.54) is 5.56 Å². The van der Waals surface area contributed by atoms with Gasteiger partial charge in [-0.2, -0.15) is 0 Å². The van der Waals surface area contributed by atoms with Gasteiger partial charge in [0.15, 0.2) is 5.78 Å². The summed E-state index contributed by atoms with van der Waals surface area (Å²) in [5.41, 5.74) is 1.94. The predicted molar refractivity (Wildman–Crippen MR) is 79.9 cm³/mol. The molecule has 0 atom stereocenters. The number of hydrogen-bond acceptors (Lipinski definition) is 3. The van der Waals surface area contributed by atoms with Crippen molar-refractivity contribution in [1.82, 2.24) is 0 Å². The van der Waals surface area contributed by atoms with Crippen LogP contribution in [0.15, 0.2) is 34.6 Å². The van der Waals surface area contributed by atoms with E-state index in [4.69, 9.17) is 0 Å². The van der Waals surface area contributed by atoms with E-state index in [1.54, 1.807) is 29.6 Å². The second kappa shape index (κ2) is 7.62. The Morgan fingerprint density at radius 3 is 2.47 bits per heavy atom. The van der Waals surface area contributed by atoms with Gasteiger partial charge < -0.3 is 0 Å². The summed E-state index contributed by atoms with van der Waals surface area (Å²) >= 11 is 3.39. The molecule has 1 nitrogen and oxygen atoms in total. The van der Waals surface area contributed by atoms with Gasteiger partial charge in [-0.15, -0.1) is 23.5 Å². The van der Waals surface area contributed by atoms with Crippen molar-refractivity contribution in [3.63, 3.8) is 0 Å². The molecule has 17 heavy (non-hydrogen) atoms. The summed E-state index contributed by atoms with van der Waals surface area (Å²) in [4.78, 5) is 12.0. The van der Waals surface area contributed by atoms with Crippen LogP contribution in [0.25, 0.3) is 0 Å². The maximum atomic E-state index is 12.0. The molecule has 0 saturated heterocycles. The number of carbonyl (C=O) groups is 1. The maximum Gasteiger partial charge on any atom is 0.187 e. The fraction of sp³-hybridized carbons (Fsp3) is 0.357. The van der Waals surface area contributed by atoms with Gasteiger partial charge >= 0.3 is 0 Å². The molecule has 0 spiro atoms. The standard InChI is InChI=1S/C14H18OS2/c1-4-9-17-14(16-3)10-13(15)12-7-5-11(2)6-8-12/h5-8,10H,4,9H2,1-3H3/b14-10+. The van der Waals surface area contributed by atoms with Crippen molar-refractivity contribution < 1.29 is 4.79 Å². The zero-order valence-corrected chi connectivity index (χ0v) is 12.2. The molecule has 0 fully saturated rings. The van der Waals surface area contributed by atoms with Gasteiger partial charge in [-0.25, -0.2) is 0 Å². The molecule has 0 amide bonds. The largest absolute Gasteiger partial charge is 0.289 e. The molecule has 92 valence electrons. The van der Waals surface area contributed by atoms with E-state index >= 15 is 0 Å². The fourth-order valence-corrected chi connectivity index (χ4v) is 2.81. The van der Waals surface area contributed by atoms with Gasteiger partial charge in [-0.1, -0.05) is 36.8 Å². The normalized spacial score (nSPS) is 11.6. The Morgan fingerprint density at radius 1 is 1.29 bits per heavy atom. The van der Waals surface area contributed by atoms with Gasteiger partial charge in [0.2, 0.25) is 0 Å². The van der Waals surface area contributed by atoms with E-state index in [2.05, 4.69) is 6.92 Å². The smallest absolute Gasteiger partial charge is 0.187 e. The van der Waals surface area contributed by atoms with Crippen molar-refractivity contribution in [3.05, 3.63) is 45.7 Å². The number of carbonyl (C=O) groups excluding carboxylic acids is 1. The summed E-state index contributed by atoms with van der Waals surface area (Å²) in [6.45, 7) is 4.17. The quantitative estimate of drug-likeness (QED) is 0.556. The molecule has 0 aliphatic carbocycles.